The second-order valence-corrected chi connectivity index (χ2v) is 4.80. The van der Waals surface area contributed by atoms with Crippen molar-refractivity contribution in [2.24, 2.45) is 5.10 Å². The largest absolute Gasteiger partial charge is 0.507 e. The fraction of sp³-hybridized carbons (Fsp3) is 0.0556. The molecule has 3 heteroatoms. The first-order valence-electron chi connectivity index (χ1n) is 6.85. The van der Waals surface area contributed by atoms with Gasteiger partial charge in [0.2, 0.25) is 0 Å². The Hall–Kier alpha value is -2.81. The molecule has 104 valence electrons. The van der Waals surface area contributed by atoms with Crippen LogP contribution in [0.2, 0.25) is 0 Å². The Labute approximate surface area is 123 Å². The summed E-state index contributed by atoms with van der Waals surface area (Å²) in [6.07, 6.45) is 1.67. The first-order chi connectivity index (χ1) is 10.3. The molecule has 0 aromatic heterocycles. The van der Waals surface area contributed by atoms with Gasteiger partial charge in [-0.1, -0.05) is 60.7 Å². The Morgan fingerprint density at radius 1 is 0.905 bits per heavy atom. The molecule has 0 amide bonds. The molecule has 0 saturated carbocycles. The van der Waals surface area contributed by atoms with Gasteiger partial charge < -0.3 is 10.5 Å². The van der Waals surface area contributed by atoms with E-state index in [2.05, 4.69) is 10.5 Å². The molecule has 0 aliphatic rings. The fourth-order valence-corrected chi connectivity index (χ4v) is 2.26. The average Bonchev–Trinajstić information content (AvgIpc) is 2.54. The lowest BCUT2D eigenvalue weighted by Gasteiger charge is -2.05. The lowest BCUT2D eigenvalue weighted by molar-refractivity contribution is 0.475. The molecule has 0 aliphatic carbocycles. The van der Waals surface area contributed by atoms with Gasteiger partial charge in [-0.15, -0.1) is 0 Å². The zero-order chi connectivity index (χ0) is 14.5. The van der Waals surface area contributed by atoms with Gasteiger partial charge in [0.1, 0.15) is 5.75 Å². The molecule has 3 rings (SSSR count). The number of fused-ring (bicyclic) bond motifs is 1. The predicted octanol–water partition coefficient (Wildman–Crippen LogP) is 3.67. The molecule has 3 nitrogen and oxygen atoms in total. The van der Waals surface area contributed by atoms with E-state index in [0.29, 0.717) is 6.54 Å². The second-order valence-electron chi connectivity index (χ2n) is 4.80. The monoisotopic (exact) mass is 276 g/mol. The molecule has 3 aromatic rings. The van der Waals surface area contributed by atoms with E-state index in [9.17, 15) is 5.11 Å². The van der Waals surface area contributed by atoms with E-state index in [1.807, 2.05) is 60.7 Å². The highest BCUT2D eigenvalue weighted by Crippen LogP contribution is 2.25. The van der Waals surface area contributed by atoms with Crippen LogP contribution in [-0.4, -0.2) is 11.3 Å². The molecule has 0 atom stereocenters. The Morgan fingerprint density at radius 3 is 2.52 bits per heavy atom. The van der Waals surface area contributed by atoms with Gasteiger partial charge in [0.05, 0.1) is 12.8 Å². The van der Waals surface area contributed by atoms with Crippen molar-refractivity contribution in [3.8, 4) is 5.75 Å². The minimum atomic E-state index is 0.235. The van der Waals surface area contributed by atoms with E-state index in [4.69, 9.17) is 0 Å². The van der Waals surface area contributed by atoms with Gasteiger partial charge in [-0.3, -0.25) is 0 Å². The SMILES string of the molecule is Oc1ccc2ccccc2c1C=NNCc1ccccc1. The molecule has 0 heterocycles. The number of phenolic OH excluding ortho intramolecular Hbond substituents is 1. The van der Waals surface area contributed by atoms with Crippen LogP contribution in [0.3, 0.4) is 0 Å². The number of hydrogen-bond acceptors (Lipinski definition) is 3. The summed E-state index contributed by atoms with van der Waals surface area (Å²) in [6.45, 7) is 0.656. The Balaban J connectivity index is 1.78. The van der Waals surface area contributed by atoms with Gasteiger partial charge in [0.15, 0.2) is 0 Å². The van der Waals surface area contributed by atoms with Crippen molar-refractivity contribution >= 4 is 17.0 Å². The number of benzene rings is 3. The third kappa shape index (κ3) is 3.03. The van der Waals surface area contributed by atoms with Crippen LogP contribution in [0, 0.1) is 0 Å². The van der Waals surface area contributed by atoms with E-state index in [1.165, 1.54) is 0 Å². The quantitative estimate of drug-likeness (QED) is 0.564. The van der Waals surface area contributed by atoms with Gasteiger partial charge in [0, 0.05) is 5.56 Å². The molecule has 0 bridgehead atoms. The Bertz CT molecular complexity index is 767. The molecule has 0 radical (unpaired) electrons. The number of aromatic hydroxyl groups is 1. The number of hydrogen-bond donors (Lipinski definition) is 2. The number of nitrogens with zero attached hydrogens (tertiary/aromatic N) is 1. The van der Waals surface area contributed by atoms with Crippen LogP contribution in [0.15, 0.2) is 71.8 Å². The maximum absolute atomic E-state index is 10.0. The van der Waals surface area contributed by atoms with Gasteiger partial charge in [-0.25, -0.2) is 0 Å². The zero-order valence-corrected chi connectivity index (χ0v) is 11.5. The van der Waals surface area contributed by atoms with Crippen molar-refractivity contribution < 1.29 is 5.11 Å². The lowest BCUT2D eigenvalue weighted by Crippen LogP contribution is -2.05. The van der Waals surface area contributed by atoms with Crippen LogP contribution in [-0.2, 0) is 6.54 Å². The summed E-state index contributed by atoms with van der Waals surface area (Å²) in [7, 11) is 0. The van der Waals surface area contributed by atoms with Crippen LogP contribution < -0.4 is 5.43 Å². The molecule has 0 saturated heterocycles. The third-order valence-electron chi connectivity index (χ3n) is 3.36. The van der Waals surface area contributed by atoms with Crippen LogP contribution in [0.1, 0.15) is 11.1 Å². The van der Waals surface area contributed by atoms with Gasteiger partial charge in [-0.05, 0) is 22.4 Å². The van der Waals surface area contributed by atoms with Crippen molar-refractivity contribution in [3.05, 3.63) is 77.9 Å². The Morgan fingerprint density at radius 2 is 1.67 bits per heavy atom. The van der Waals surface area contributed by atoms with Crippen molar-refractivity contribution in [3.63, 3.8) is 0 Å². The van der Waals surface area contributed by atoms with Crippen molar-refractivity contribution in [1.82, 2.24) is 5.43 Å². The second kappa shape index (κ2) is 6.09. The number of phenols is 1. The van der Waals surface area contributed by atoms with Gasteiger partial charge >= 0.3 is 0 Å². The molecule has 0 fully saturated rings. The van der Waals surface area contributed by atoms with Gasteiger partial charge in [0.25, 0.3) is 0 Å². The van der Waals surface area contributed by atoms with Crippen molar-refractivity contribution in [1.29, 1.82) is 0 Å². The molecule has 21 heavy (non-hydrogen) atoms. The summed E-state index contributed by atoms with van der Waals surface area (Å²) in [5.74, 6) is 0.235. The van der Waals surface area contributed by atoms with Crippen LogP contribution in [0.4, 0.5) is 0 Å². The lowest BCUT2D eigenvalue weighted by atomic mass is 10.0. The molecule has 0 aliphatic heterocycles. The molecular weight excluding hydrogens is 260 g/mol. The minimum Gasteiger partial charge on any atom is -0.507 e. The molecule has 0 unspecified atom stereocenters. The summed E-state index contributed by atoms with van der Waals surface area (Å²) in [6, 6.07) is 21.6. The zero-order valence-electron chi connectivity index (χ0n) is 11.5. The smallest absolute Gasteiger partial charge is 0.125 e. The summed E-state index contributed by atoms with van der Waals surface area (Å²) in [5, 5.41) is 16.3. The summed E-state index contributed by atoms with van der Waals surface area (Å²) >= 11 is 0. The minimum absolute atomic E-state index is 0.235. The maximum atomic E-state index is 10.0. The number of rotatable bonds is 4. The Kier molecular flexibility index (Phi) is 3.83. The van der Waals surface area contributed by atoms with Crippen LogP contribution in [0.5, 0.6) is 5.75 Å². The standard InChI is InChI=1S/C18H16N2O/c21-18-11-10-15-8-4-5-9-16(15)17(18)13-20-19-12-14-6-2-1-3-7-14/h1-11,13,19,21H,12H2. The van der Waals surface area contributed by atoms with E-state index in [0.717, 1.165) is 21.9 Å². The first kappa shape index (κ1) is 13.2. The highest BCUT2D eigenvalue weighted by atomic mass is 16.3. The van der Waals surface area contributed by atoms with E-state index in [-0.39, 0.29) is 5.75 Å². The summed E-state index contributed by atoms with van der Waals surface area (Å²) in [4.78, 5) is 0. The summed E-state index contributed by atoms with van der Waals surface area (Å²) < 4.78 is 0. The highest BCUT2D eigenvalue weighted by Gasteiger charge is 2.03. The van der Waals surface area contributed by atoms with Crippen LogP contribution in [0.25, 0.3) is 10.8 Å². The number of hydrazone groups is 1. The average molecular weight is 276 g/mol. The number of nitrogens with one attached hydrogen (secondary N) is 1. The van der Waals surface area contributed by atoms with E-state index in [1.54, 1.807) is 12.3 Å². The molecule has 3 aromatic carbocycles. The molecule has 0 spiro atoms. The van der Waals surface area contributed by atoms with E-state index < -0.39 is 0 Å². The molecule has 2 N–H and O–H groups in total. The van der Waals surface area contributed by atoms with Gasteiger partial charge in [-0.2, -0.15) is 5.10 Å². The highest BCUT2D eigenvalue weighted by molar-refractivity contribution is 6.02. The topological polar surface area (TPSA) is 44.6 Å². The first-order valence-corrected chi connectivity index (χ1v) is 6.85. The fourth-order valence-electron chi connectivity index (χ4n) is 2.26. The van der Waals surface area contributed by atoms with Crippen molar-refractivity contribution in [2.75, 3.05) is 0 Å². The maximum Gasteiger partial charge on any atom is 0.125 e. The summed E-state index contributed by atoms with van der Waals surface area (Å²) in [5.41, 5.74) is 4.89. The van der Waals surface area contributed by atoms with Crippen molar-refractivity contribution in [2.45, 2.75) is 6.54 Å². The van der Waals surface area contributed by atoms with E-state index >= 15 is 0 Å². The van der Waals surface area contributed by atoms with Crippen LogP contribution >= 0.6 is 0 Å². The predicted molar refractivity (Wildman–Crippen MR) is 86.5 cm³/mol. The third-order valence-corrected chi connectivity index (χ3v) is 3.36. The molecular formula is C18H16N2O. The normalized spacial score (nSPS) is 11.0.